The van der Waals surface area contributed by atoms with E-state index in [1.165, 1.54) is 148 Å². The fourth-order valence-electron chi connectivity index (χ4n) is 9.38. The summed E-state index contributed by atoms with van der Waals surface area (Å²) in [5.74, 6) is 6.91. The van der Waals surface area contributed by atoms with Crippen LogP contribution in [0.4, 0.5) is 0 Å². The molecule has 2 heteroatoms. The van der Waals surface area contributed by atoms with Crippen molar-refractivity contribution in [3.05, 3.63) is 0 Å². The van der Waals surface area contributed by atoms with Crippen molar-refractivity contribution in [2.45, 2.75) is 194 Å². The van der Waals surface area contributed by atoms with E-state index in [1.54, 1.807) is 12.8 Å². The average molecular weight is 577 g/mol. The van der Waals surface area contributed by atoms with Crippen LogP contribution in [0.3, 0.4) is 0 Å². The first-order chi connectivity index (χ1) is 20.2. The Kier molecular flexibility index (Phi) is 22.0. The lowest BCUT2D eigenvalue weighted by molar-refractivity contribution is -0.0344. The van der Waals surface area contributed by atoms with E-state index in [2.05, 4.69) is 20.8 Å². The van der Waals surface area contributed by atoms with Crippen molar-refractivity contribution >= 4 is 0 Å². The molecule has 2 nitrogen and oxygen atoms in total. The lowest BCUT2D eigenvalue weighted by Crippen LogP contribution is -2.45. The second-order valence-electron chi connectivity index (χ2n) is 14.9. The van der Waals surface area contributed by atoms with Gasteiger partial charge in [0.1, 0.15) is 0 Å². The molecule has 2 fully saturated rings. The highest BCUT2D eigenvalue weighted by atomic mass is 16.3. The van der Waals surface area contributed by atoms with Crippen LogP contribution in [0.25, 0.3) is 0 Å². The third-order valence-corrected chi connectivity index (χ3v) is 11.7. The van der Waals surface area contributed by atoms with E-state index in [-0.39, 0.29) is 0 Å². The van der Waals surface area contributed by atoms with Gasteiger partial charge in [0.05, 0.1) is 0 Å². The van der Waals surface area contributed by atoms with Gasteiger partial charge in [-0.3, -0.25) is 0 Å². The third-order valence-electron chi connectivity index (χ3n) is 11.7. The minimum Gasteiger partial charge on any atom is -0.396 e. The molecule has 2 aliphatic carbocycles. The van der Waals surface area contributed by atoms with Gasteiger partial charge in [0.25, 0.3) is 0 Å². The number of aliphatic hydroxyl groups is 2. The van der Waals surface area contributed by atoms with Crippen LogP contribution in [0.5, 0.6) is 0 Å². The second kappa shape index (κ2) is 24.3. The first-order valence-electron chi connectivity index (χ1n) is 19.4. The largest absolute Gasteiger partial charge is 0.396 e. The van der Waals surface area contributed by atoms with Crippen LogP contribution in [-0.2, 0) is 0 Å². The Morgan fingerprint density at radius 3 is 1.37 bits per heavy atom. The van der Waals surface area contributed by atoms with E-state index in [4.69, 9.17) is 10.2 Å². The van der Waals surface area contributed by atoms with E-state index in [0.717, 1.165) is 54.3 Å². The Morgan fingerprint density at radius 1 is 0.439 bits per heavy atom. The van der Waals surface area contributed by atoms with Gasteiger partial charge in [-0.05, 0) is 86.4 Å². The molecule has 0 radical (unpaired) electrons. The van der Waals surface area contributed by atoms with Crippen molar-refractivity contribution in [1.82, 2.24) is 0 Å². The second-order valence-corrected chi connectivity index (χ2v) is 14.9. The van der Waals surface area contributed by atoms with Crippen LogP contribution < -0.4 is 0 Å². The van der Waals surface area contributed by atoms with Gasteiger partial charge in [0, 0.05) is 13.2 Å². The van der Waals surface area contributed by atoms with Crippen molar-refractivity contribution in [1.29, 1.82) is 0 Å². The SMILES string of the molecule is CCCCCCC1CC2CC(C)C(CCCCCCCCO)C(CCCCCCCCO)C2CC1CCCCCC. The third kappa shape index (κ3) is 15.0. The van der Waals surface area contributed by atoms with E-state index in [1.807, 2.05) is 0 Å². The molecule has 244 valence electrons. The summed E-state index contributed by atoms with van der Waals surface area (Å²) in [5.41, 5.74) is 0. The molecule has 0 aliphatic heterocycles. The van der Waals surface area contributed by atoms with Gasteiger partial charge < -0.3 is 10.2 Å². The van der Waals surface area contributed by atoms with Crippen molar-refractivity contribution in [3.8, 4) is 0 Å². The zero-order valence-corrected chi connectivity index (χ0v) is 28.4. The van der Waals surface area contributed by atoms with Gasteiger partial charge in [-0.1, -0.05) is 149 Å². The van der Waals surface area contributed by atoms with Gasteiger partial charge in [0.15, 0.2) is 0 Å². The monoisotopic (exact) mass is 577 g/mol. The van der Waals surface area contributed by atoms with Gasteiger partial charge in [-0.15, -0.1) is 0 Å². The molecule has 0 aromatic carbocycles. The van der Waals surface area contributed by atoms with Crippen LogP contribution in [0.2, 0.25) is 0 Å². The summed E-state index contributed by atoms with van der Waals surface area (Å²) in [5, 5.41) is 18.2. The minimum absolute atomic E-state index is 0.366. The fourth-order valence-corrected chi connectivity index (χ4v) is 9.38. The molecule has 0 aromatic rings. The Labute approximate surface area is 258 Å². The zero-order valence-electron chi connectivity index (χ0n) is 28.4. The maximum atomic E-state index is 9.13. The zero-order chi connectivity index (χ0) is 29.5. The van der Waals surface area contributed by atoms with E-state index in [0.29, 0.717) is 13.2 Å². The summed E-state index contributed by atoms with van der Waals surface area (Å²) >= 11 is 0. The molecular weight excluding hydrogens is 500 g/mol. The standard InChI is InChI=1S/C39H76O2/c1-4-6-8-18-24-34-31-36-30-33(3)37(26-20-14-10-12-16-22-28-40)38(27-21-15-11-13-17-23-29-41)39(36)32-35(34)25-19-9-7-5-2/h33-41H,4-32H2,1-3H3. The van der Waals surface area contributed by atoms with E-state index < -0.39 is 0 Å². The number of rotatable bonds is 26. The number of unbranched alkanes of at least 4 members (excludes halogenated alkanes) is 16. The first-order valence-corrected chi connectivity index (χ1v) is 19.4. The predicted octanol–water partition coefficient (Wildman–Crippen LogP) is 11.9. The summed E-state index contributed by atoms with van der Waals surface area (Å²) in [6.45, 7) is 8.10. The summed E-state index contributed by atoms with van der Waals surface area (Å²) in [6.07, 6.45) is 37.6. The summed E-state index contributed by atoms with van der Waals surface area (Å²) in [6, 6.07) is 0. The Hall–Kier alpha value is -0.0800. The normalized spacial score (nSPS) is 28.2. The van der Waals surface area contributed by atoms with Crippen molar-refractivity contribution in [3.63, 3.8) is 0 Å². The molecule has 0 heterocycles. The molecule has 0 saturated heterocycles. The molecule has 2 rings (SSSR count). The Bertz CT molecular complexity index is 576. The maximum absolute atomic E-state index is 9.13. The van der Waals surface area contributed by atoms with Gasteiger partial charge >= 0.3 is 0 Å². The lowest BCUT2D eigenvalue weighted by Gasteiger charge is -2.53. The van der Waals surface area contributed by atoms with Crippen LogP contribution >= 0.6 is 0 Å². The highest BCUT2D eigenvalue weighted by Gasteiger charge is 2.46. The van der Waals surface area contributed by atoms with Gasteiger partial charge in [-0.25, -0.2) is 0 Å². The molecule has 2 aliphatic rings. The van der Waals surface area contributed by atoms with Gasteiger partial charge in [0.2, 0.25) is 0 Å². The quantitative estimate of drug-likeness (QED) is 0.101. The molecular formula is C39H76O2. The Balaban J connectivity index is 2.03. The molecule has 7 unspecified atom stereocenters. The highest BCUT2D eigenvalue weighted by Crippen LogP contribution is 2.55. The molecule has 0 spiro atoms. The maximum Gasteiger partial charge on any atom is 0.0431 e. The number of hydrogen-bond donors (Lipinski definition) is 2. The summed E-state index contributed by atoms with van der Waals surface area (Å²) in [4.78, 5) is 0. The van der Waals surface area contributed by atoms with Crippen molar-refractivity contribution in [2.24, 2.45) is 41.4 Å². The van der Waals surface area contributed by atoms with E-state index >= 15 is 0 Å². The average Bonchev–Trinajstić information content (AvgIpc) is 2.97. The molecule has 0 bridgehead atoms. The molecule has 0 aromatic heterocycles. The smallest absolute Gasteiger partial charge is 0.0431 e. The van der Waals surface area contributed by atoms with Crippen LogP contribution in [0.15, 0.2) is 0 Å². The Morgan fingerprint density at radius 2 is 0.854 bits per heavy atom. The molecule has 2 saturated carbocycles. The fraction of sp³-hybridized carbons (Fsp3) is 1.00. The highest BCUT2D eigenvalue weighted by molar-refractivity contribution is 4.96. The molecule has 7 atom stereocenters. The molecule has 41 heavy (non-hydrogen) atoms. The van der Waals surface area contributed by atoms with Crippen LogP contribution in [-0.4, -0.2) is 23.4 Å². The lowest BCUT2D eigenvalue weighted by atomic mass is 9.52. The molecule has 0 amide bonds. The predicted molar refractivity (Wildman–Crippen MR) is 180 cm³/mol. The molecule has 2 N–H and O–H groups in total. The number of fused-ring (bicyclic) bond motifs is 1. The topological polar surface area (TPSA) is 40.5 Å². The van der Waals surface area contributed by atoms with Crippen molar-refractivity contribution in [2.75, 3.05) is 13.2 Å². The van der Waals surface area contributed by atoms with Crippen LogP contribution in [0, 0.1) is 41.4 Å². The van der Waals surface area contributed by atoms with Crippen molar-refractivity contribution < 1.29 is 10.2 Å². The van der Waals surface area contributed by atoms with Gasteiger partial charge in [-0.2, -0.15) is 0 Å². The van der Waals surface area contributed by atoms with E-state index in [9.17, 15) is 0 Å². The first kappa shape index (κ1) is 37.1. The summed E-state index contributed by atoms with van der Waals surface area (Å²) < 4.78 is 0. The van der Waals surface area contributed by atoms with Crippen LogP contribution in [0.1, 0.15) is 194 Å². The summed E-state index contributed by atoms with van der Waals surface area (Å²) in [7, 11) is 0. The number of aliphatic hydroxyl groups excluding tert-OH is 2. The minimum atomic E-state index is 0.366. The number of hydrogen-bond acceptors (Lipinski definition) is 2.